The van der Waals surface area contributed by atoms with Crippen LogP contribution in [0.5, 0.6) is 0 Å². The van der Waals surface area contributed by atoms with E-state index in [1.165, 1.54) is 33.4 Å². The third kappa shape index (κ3) is 3.29. The maximum atomic E-state index is 3.64. The lowest BCUT2D eigenvalue weighted by Gasteiger charge is -2.18. The van der Waals surface area contributed by atoms with Gasteiger partial charge in [-0.3, -0.25) is 0 Å². The lowest BCUT2D eigenvalue weighted by molar-refractivity contribution is 0.571. The summed E-state index contributed by atoms with van der Waals surface area (Å²) in [5.74, 6) is 0. The first-order valence-corrected chi connectivity index (χ1v) is 7.34. The van der Waals surface area contributed by atoms with Gasteiger partial charge in [0.1, 0.15) is 0 Å². The van der Waals surface area contributed by atoms with Gasteiger partial charge in [0.15, 0.2) is 0 Å². The van der Waals surface area contributed by atoms with Gasteiger partial charge < -0.3 is 5.32 Å². The molecule has 0 aromatic heterocycles. The summed E-state index contributed by atoms with van der Waals surface area (Å²) < 4.78 is 0. The number of hydrogen-bond donors (Lipinski definition) is 1. The number of hydrogen-bond acceptors (Lipinski definition) is 1. The van der Waals surface area contributed by atoms with Gasteiger partial charge in [0.25, 0.3) is 0 Å². The van der Waals surface area contributed by atoms with E-state index in [1.54, 1.807) is 0 Å². The molecule has 0 amide bonds. The Bertz CT molecular complexity index is 599. The van der Waals surface area contributed by atoms with Gasteiger partial charge in [0, 0.05) is 12.6 Å². The molecule has 0 aliphatic rings. The van der Waals surface area contributed by atoms with Crippen LogP contribution in [-0.4, -0.2) is 0 Å². The standard InChI is InChI=1S/C19H25N/c1-13-8-6-7-9-19(13)17(5)20-12-18-11-15(3)14(2)10-16(18)4/h6-11,17,20H,12H2,1-5H3. The van der Waals surface area contributed by atoms with Crippen molar-refractivity contribution < 1.29 is 0 Å². The Balaban J connectivity index is 2.09. The normalized spacial score (nSPS) is 12.4. The van der Waals surface area contributed by atoms with Crippen molar-refractivity contribution in [2.45, 2.75) is 47.2 Å². The third-order valence-electron chi connectivity index (χ3n) is 4.21. The highest BCUT2D eigenvalue weighted by molar-refractivity contribution is 5.36. The van der Waals surface area contributed by atoms with E-state index >= 15 is 0 Å². The highest BCUT2D eigenvalue weighted by atomic mass is 14.9. The molecule has 1 nitrogen and oxygen atoms in total. The van der Waals surface area contributed by atoms with Gasteiger partial charge in [-0.05, 0) is 68.0 Å². The molecule has 2 aromatic rings. The molecule has 106 valence electrons. The second-order valence-corrected chi connectivity index (χ2v) is 5.82. The molecule has 0 saturated carbocycles. The van der Waals surface area contributed by atoms with Crippen molar-refractivity contribution in [3.63, 3.8) is 0 Å². The van der Waals surface area contributed by atoms with Crippen LogP contribution in [-0.2, 0) is 6.54 Å². The fraction of sp³-hybridized carbons (Fsp3) is 0.368. The smallest absolute Gasteiger partial charge is 0.0297 e. The summed E-state index contributed by atoms with van der Waals surface area (Å²) >= 11 is 0. The van der Waals surface area contributed by atoms with Crippen LogP contribution < -0.4 is 5.32 Å². The van der Waals surface area contributed by atoms with E-state index in [0.29, 0.717) is 6.04 Å². The van der Waals surface area contributed by atoms with Gasteiger partial charge in [-0.15, -0.1) is 0 Å². The predicted molar refractivity (Wildman–Crippen MR) is 87.1 cm³/mol. The molecule has 0 saturated heterocycles. The molecule has 1 N–H and O–H groups in total. The molecule has 1 heteroatoms. The second kappa shape index (κ2) is 6.23. The molecule has 0 heterocycles. The van der Waals surface area contributed by atoms with Crippen molar-refractivity contribution in [1.29, 1.82) is 0 Å². The first-order chi connectivity index (χ1) is 9.49. The monoisotopic (exact) mass is 267 g/mol. The summed E-state index contributed by atoms with van der Waals surface area (Å²) in [6.07, 6.45) is 0. The number of benzene rings is 2. The molecule has 0 aliphatic heterocycles. The van der Waals surface area contributed by atoms with Crippen LogP contribution >= 0.6 is 0 Å². The van der Waals surface area contributed by atoms with Crippen molar-refractivity contribution in [1.82, 2.24) is 5.32 Å². The van der Waals surface area contributed by atoms with Crippen molar-refractivity contribution in [2.24, 2.45) is 0 Å². The van der Waals surface area contributed by atoms with Crippen LogP contribution in [0.25, 0.3) is 0 Å². The zero-order valence-corrected chi connectivity index (χ0v) is 13.2. The fourth-order valence-corrected chi connectivity index (χ4v) is 2.66. The van der Waals surface area contributed by atoms with Crippen LogP contribution in [0.1, 0.15) is 46.3 Å². The predicted octanol–water partition coefficient (Wildman–Crippen LogP) is 4.77. The van der Waals surface area contributed by atoms with Gasteiger partial charge in [0.05, 0.1) is 0 Å². The average molecular weight is 267 g/mol. The summed E-state index contributed by atoms with van der Waals surface area (Å²) in [6, 6.07) is 13.6. The van der Waals surface area contributed by atoms with E-state index in [2.05, 4.69) is 76.3 Å². The Morgan fingerprint density at radius 3 is 2.20 bits per heavy atom. The lowest BCUT2D eigenvalue weighted by atomic mass is 9.99. The second-order valence-electron chi connectivity index (χ2n) is 5.82. The first kappa shape index (κ1) is 14.8. The fourth-order valence-electron chi connectivity index (χ4n) is 2.66. The first-order valence-electron chi connectivity index (χ1n) is 7.34. The maximum Gasteiger partial charge on any atom is 0.0297 e. The summed E-state index contributed by atoms with van der Waals surface area (Å²) in [4.78, 5) is 0. The SMILES string of the molecule is Cc1cc(C)c(CNC(C)c2ccccc2C)cc1C. The van der Waals surface area contributed by atoms with Crippen LogP contribution in [0.3, 0.4) is 0 Å². The van der Waals surface area contributed by atoms with Crippen molar-refractivity contribution in [3.05, 3.63) is 69.8 Å². The largest absolute Gasteiger partial charge is 0.306 e. The Labute approximate surface area is 123 Å². The summed E-state index contributed by atoms with van der Waals surface area (Å²) in [7, 11) is 0. The van der Waals surface area contributed by atoms with Gasteiger partial charge in [-0.25, -0.2) is 0 Å². The topological polar surface area (TPSA) is 12.0 Å². The van der Waals surface area contributed by atoms with Gasteiger partial charge in [0.2, 0.25) is 0 Å². The molecule has 0 radical (unpaired) electrons. The molecular weight excluding hydrogens is 242 g/mol. The summed E-state index contributed by atoms with van der Waals surface area (Å²) in [5.41, 5.74) is 8.25. The van der Waals surface area contributed by atoms with Crippen LogP contribution in [0.2, 0.25) is 0 Å². The summed E-state index contributed by atoms with van der Waals surface area (Å²) in [6.45, 7) is 11.9. The molecule has 2 rings (SSSR count). The van der Waals surface area contributed by atoms with Crippen molar-refractivity contribution >= 4 is 0 Å². The molecule has 0 spiro atoms. The Morgan fingerprint density at radius 1 is 0.850 bits per heavy atom. The maximum absolute atomic E-state index is 3.64. The molecule has 1 unspecified atom stereocenters. The number of rotatable bonds is 4. The Morgan fingerprint density at radius 2 is 1.50 bits per heavy atom. The van der Waals surface area contributed by atoms with Crippen LogP contribution in [0.4, 0.5) is 0 Å². The molecule has 2 aromatic carbocycles. The summed E-state index contributed by atoms with van der Waals surface area (Å²) in [5, 5.41) is 3.64. The van der Waals surface area contributed by atoms with Gasteiger partial charge in [-0.2, -0.15) is 0 Å². The zero-order valence-electron chi connectivity index (χ0n) is 13.2. The highest BCUT2D eigenvalue weighted by Gasteiger charge is 2.08. The van der Waals surface area contributed by atoms with Crippen molar-refractivity contribution in [3.8, 4) is 0 Å². The molecule has 0 bridgehead atoms. The van der Waals surface area contributed by atoms with E-state index in [4.69, 9.17) is 0 Å². The lowest BCUT2D eigenvalue weighted by Crippen LogP contribution is -2.19. The Hall–Kier alpha value is -1.60. The molecule has 1 atom stereocenters. The molecule has 20 heavy (non-hydrogen) atoms. The van der Waals surface area contributed by atoms with Gasteiger partial charge >= 0.3 is 0 Å². The van der Waals surface area contributed by atoms with Crippen molar-refractivity contribution in [2.75, 3.05) is 0 Å². The van der Waals surface area contributed by atoms with E-state index in [0.717, 1.165) is 6.54 Å². The van der Waals surface area contributed by atoms with E-state index in [1.807, 2.05) is 0 Å². The third-order valence-corrected chi connectivity index (χ3v) is 4.21. The minimum Gasteiger partial charge on any atom is -0.306 e. The molecular formula is C19H25N. The van der Waals surface area contributed by atoms with Crippen LogP contribution in [0.15, 0.2) is 36.4 Å². The van der Waals surface area contributed by atoms with Gasteiger partial charge in [-0.1, -0.05) is 36.4 Å². The number of aryl methyl sites for hydroxylation is 4. The minimum atomic E-state index is 0.372. The quantitative estimate of drug-likeness (QED) is 0.841. The number of nitrogens with one attached hydrogen (secondary N) is 1. The Kier molecular flexibility index (Phi) is 4.61. The van der Waals surface area contributed by atoms with E-state index in [-0.39, 0.29) is 0 Å². The highest BCUT2D eigenvalue weighted by Crippen LogP contribution is 2.19. The van der Waals surface area contributed by atoms with Crippen LogP contribution in [0, 0.1) is 27.7 Å². The van der Waals surface area contributed by atoms with E-state index in [9.17, 15) is 0 Å². The van der Waals surface area contributed by atoms with E-state index < -0.39 is 0 Å². The minimum absolute atomic E-state index is 0.372. The average Bonchev–Trinajstić information content (AvgIpc) is 2.41. The molecule has 0 fully saturated rings. The molecule has 0 aliphatic carbocycles. The zero-order chi connectivity index (χ0) is 14.7.